The van der Waals surface area contributed by atoms with Crippen molar-refractivity contribution in [2.45, 2.75) is 44.2 Å². The average molecular weight is 840 g/mol. The minimum absolute atomic E-state index is 0.0909. The molecule has 0 saturated heterocycles. The smallest absolute Gasteiger partial charge is 0.449 e. The Morgan fingerprint density at radius 2 is 1.15 bits per heavy atom. The molecule has 8 nitrogen and oxygen atoms in total. The summed E-state index contributed by atoms with van der Waals surface area (Å²) in [7, 11) is 1.43. The third-order valence-electron chi connectivity index (χ3n) is 6.80. The van der Waals surface area contributed by atoms with Crippen molar-refractivity contribution in [3.8, 4) is 5.75 Å². The summed E-state index contributed by atoms with van der Waals surface area (Å²) >= 11 is 2.46. The normalized spacial score (nSPS) is 14.7. The highest BCUT2D eigenvalue weighted by Crippen LogP contribution is 2.37. The topological polar surface area (TPSA) is 84.8 Å². The molecule has 0 saturated carbocycles. The van der Waals surface area contributed by atoms with Crippen molar-refractivity contribution >= 4 is 76.8 Å². The molecule has 2 aromatic carbocycles. The first-order valence-corrected chi connectivity index (χ1v) is 17.1. The number of thiazole rings is 3. The zero-order chi connectivity index (χ0) is 39.6. The van der Waals surface area contributed by atoms with Crippen molar-refractivity contribution in [1.82, 2.24) is 15.0 Å². The van der Waals surface area contributed by atoms with Gasteiger partial charge in [-0.15, -0.1) is 34.0 Å². The number of aromatic nitrogens is 3. The summed E-state index contributed by atoms with van der Waals surface area (Å²) in [6, 6.07) is 7.53. The number of methoxy groups -OCH3 is 1. The summed E-state index contributed by atoms with van der Waals surface area (Å²) in [6.45, 7) is -2.27. The van der Waals surface area contributed by atoms with E-state index in [1.165, 1.54) is 19.2 Å². The van der Waals surface area contributed by atoms with Gasteiger partial charge in [-0.05, 0) is 37.3 Å². The molecule has 0 aliphatic heterocycles. The lowest BCUT2D eigenvalue weighted by Gasteiger charge is -2.18. The van der Waals surface area contributed by atoms with E-state index in [1.807, 2.05) is 0 Å². The van der Waals surface area contributed by atoms with E-state index in [2.05, 4.69) is 33.9 Å². The van der Waals surface area contributed by atoms with Crippen LogP contribution in [0.3, 0.4) is 0 Å². The quantitative estimate of drug-likeness (QED) is 0.0658. The zero-order valence-corrected chi connectivity index (χ0v) is 29.4. The molecule has 0 amide bonds. The Bertz CT molecular complexity index is 2150. The van der Waals surface area contributed by atoms with Crippen LogP contribution in [-0.4, -0.2) is 66.5 Å². The molecule has 1 unspecified atom stereocenters. The summed E-state index contributed by atoms with van der Waals surface area (Å²) in [5, 5.41) is -0.308. The maximum absolute atomic E-state index is 13.8. The maximum atomic E-state index is 13.8. The Morgan fingerprint density at radius 1 is 0.648 bits per heavy atom. The Morgan fingerprint density at radius 3 is 1.65 bits per heavy atom. The molecule has 5 rings (SSSR count). The van der Waals surface area contributed by atoms with Crippen molar-refractivity contribution in [2.24, 2.45) is 0 Å². The van der Waals surface area contributed by atoms with Crippen LogP contribution in [0.2, 0.25) is 0 Å². The minimum atomic E-state index is -5.19. The number of halogens is 12. The van der Waals surface area contributed by atoms with Crippen molar-refractivity contribution in [3.05, 3.63) is 68.7 Å². The molecule has 54 heavy (non-hydrogen) atoms. The number of allylic oxidation sites excluding steroid dienone is 4. The Kier molecular flexibility index (Phi) is 11.9. The number of hydrogen-bond donors (Lipinski definition) is 0. The van der Waals surface area contributed by atoms with Crippen LogP contribution in [0, 0.1) is 0 Å². The molecule has 0 aliphatic rings. The summed E-state index contributed by atoms with van der Waals surface area (Å²) in [4.78, 5) is 12.3. The van der Waals surface area contributed by atoms with E-state index in [1.54, 1.807) is 18.2 Å². The van der Waals surface area contributed by atoms with Gasteiger partial charge in [-0.1, -0.05) is 0 Å². The van der Waals surface area contributed by atoms with Gasteiger partial charge in [0.1, 0.15) is 15.8 Å². The molecule has 5 aromatic rings. The fraction of sp³-hybridized carbons (Fsp3) is 0.323. The molecule has 0 spiro atoms. The van der Waals surface area contributed by atoms with Crippen molar-refractivity contribution in [2.75, 3.05) is 20.7 Å². The Labute approximate surface area is 306 Å². The van der Waals surface area contributed by atoms with E-state index >= 15 is 0 Å². The number of fused-ring (bicyclic) bond motifs is 3. The van der Waals surface area contributed by atoms with Gasteiger partial charge in [-0.3, -0.25) is 0 Å². The van der Waals surface area contributed by atoms with Crippen LogP contribution in [0.1, 0.15) is 21.9 Å². The van der Waals surface area contributed by atoms with Crippen LogP contribution in [0.25, 0.3) is 42.8 Å². The number of nitrogens with zero attached hydrogens (tertiary/aromatic N) is 3. The minimum Gasteiger partial charge on any atom is -0.497 e. The van der Waals surface area contributed by atoms with E-state index in [4.69, 9.17) is 4.74 Å². The first-order chi connectivity index (χ1) is 25.1. The summed E-state index contributed by atoms with van der Waals surface area (Å²) in [5.74, 6) is -4.56. The average Bonchev–Trinajstić information content (AvgIpc) is 3.76. The van der Waals surface area contributed by atoms with Crippen molar-refractivity contribution in [3.63, 3.8) is 0 Å². The molecular formula is C31H21F12N3O5S3. The largest absolute Gasteiger partial charge is 0.497 e. The fourth-order valence-electron chi connectivity index (χ4n) is 4.20. The van der Waals surface area contributed by atoms with Gasteiger partial charge in [0.05, 0.1) is 42.8 Å². The number of rotatable bonds is 13. The van der Waals surface area contributed by atoms with Gasteiger partial charge in [0, 0.05) is 24.6 Å². The van der Waals surface area contributed by atoms with Gasteiger partial charge in [0.15, 0.2) is 12.9 Å². The zero-order valence-electron chi connectivity index (χ0n) is 27.0. The Balaban J connectivity index is 1.30. The van der Waals surface area contributed by atoms with Gasteiger partial charge in [-0.2, -0.15) is 52.7 Å². The van der Waals surface area contributed by atoms with E-state index in [0.717, 1.165) is 11.3 Å². The van der Waals surface area contributed by atoms with E-state index in [0.29, 0.717) is 63.8 Å². The third-order valence-corrected chi connectivity index (χ3v) is 9.79. The first kappa shape index (κ1) is 40.8. The predicted molar refractivity (Wildman–Crippen MR) is 174 cm³/mol. The molecule has 23 heteroatoms. The van der Waals surface area contributed by atoms with Gasteiger partial charge in [0.2, 0.25) is 24.1 Å². The highest BCUT2D eigenvalue weighted by molar-refractivity contribution is 7.21. The molecule has 0 bridgehead atoms. The highest BCUT2D eigenvalue weighted by atomic mass is 32.1. The lowest BCUT2D eigenvalue weighted by molar-refractivity contribution is -0.239. The van der Waals surface area contributed by atoms with Crippen LogP contribution in [0.5, 0.6) is 5.75 Å². The molecule has 0 aliphatic carbocycles. The fourth-order valence-corrected chi connectivity index (χ4v) is 6.94. The van der Waals surface area contributed by atoms with E-state index in [9.17, 15) is 52.7 Å². The third kappa shape index (κ3) is 10.4. The molecule has 3 heterocycles. The maximum Gasteiger partial charge on any atom is 0.449 e. The van der Waals surface area contributed by atoms with Gasteiger partial charge < -0.3 is 23.7 Å². The molecule has 0 radical (unpaired) electrons. The number of hydrogen-bond acceptors (Lipinski definition) is 11. The predicted octanol–water partition coefficient (Wildman–Crippen LogP) is 11.0. The number of ether oxygens (including phenoxy) is 5. The molecule has 0 fully saturated rings. The summed E-state index contributed by atoms with van der Waals surface area (Å²) < 4.78 is 185. The molecule has 3 aromatic heterocycles. The second-order valence-electron chi connectivity index (χ2n) is 10.6. The van der Waals surface area contributed by atoms with Crippen LogP contribution in [0.4, 0.5) is 52.7 Å². The van der Waals surface area contributed by atoms with Crippen molar-refractivity contribution < 1.29 is 76.4 Å². The van der Waals surface area contributed by atoms with Crippen LogP contribution in [-0.2, 0) is 25.4 Å². The molecule has 1 atom stereocenters. The van der Waals surface area contributed by atoms with E-state index in [-0.39, 0.29) is 41.9 Å². The number of alkyl halides is 12. The number of benzene rings is 2. The standard InChI is InChI=1S/C31H21F12N3O5S3/c1-14(28(32,33)34)48-12-50-23(30(38,39)40)10-26-45-17-8-21-18(9-20(17)53-26)46-27(54-21)11-24(31(41,42)43)51-13-49-22(29(35,36)37)5-6-25-44-16-7-15(47-2)3-4-19(16)52-25/h3-5,7-11,14H,6,12-13H2,1-2H3/b22-5?,23-10-,24-11-. The second-order valence-corrected chi connectivity index (χ2v) is 13.9. The van der Waals surface area contributed by atoms with Crippen molar-refractivity contribution in [1.29, 1.82) is 0 Å². The lowest BCUT2D eigenvalue weighted by atomic mass is 10.3. The van der Waals surface area contributed by atoms with Gasteiger partial charge in [0.25, 0.3) is 0 Å². The Hall–Kier alpha value is -4.35. The van der Waals surface area contributed by atoms with Crippen LogP contribution < -0.4 is 4.74 Å². The highest BCUT2D eigenvalue weighted by Gasteiger charge is 2.40. The van der Waals surface area contributed by atoms with Gasteiger partial charge >= 0.3 is 24.7 Å². The van der Waals surface area contributed by atoms with E-state index < -0.39 is 61.7 Å². The molecular weight excluding hydrogens is 819 g/mol. The lowest BCUT2D eigenvalue weighted by Crippen LogP contribution is -2.29. The molecule has 292 valence electrons. The first-order valence-electron chi connectivity index (χ1n) is 14.7. The summed E-state index contributed by atoms with van der Waals surface area (Å²) in [5.41, 5.74) is 0.662. The van der Waals surface area contributed by atoms with Gasteiger partial charge in [-0.25, -0.2) is 15.0 Å². The monoisotopic (exact) mass is 839 g/mol. The van der Waals surface area contributed by atoms with Crippen LogP contribution >= 0.6 is 34.0 Å². The van der Waals surface area contributed by atoms with Crippen LogP contribution in [0.15, 0.2) is 53.7 Å². The SMILES string of the molecule is COc1ccc2sc(CC=C(OCO/C(=C\c3nc4cc5sc(/C=C(\OCOC(C)C(F)(F)F)C(F)(F)F)nc5cc4s3)C(F)(F)F)C(F)(F)F)nc2c1. The molecule has 0 N–H and O–H groups in total. The second kappa shape index (κ2) is 15.8. The summed E-state index contributed by atoms with van der Waals surface area (Å²) in [6.07, 6.45) is -21.5.